The lowest BCUT2D eigenvalue weighted by atomic mass is 10.1. The van der Waals surface area contributed by atoms with E-state index in [9.17, 15) is 13.2 Å². The van der Waals surface area contributed by atoms with Gasteiger partial charge in [-0.2, -0.15) is 5.10 Å². The molecule has 0 radical (unpaired) electrons. The summed E-state index contributed by atoms with van der Waals surface area (Å²) in [7, 11) is -4.02. The average molecular weight is 606 g/mol. The summed E-state index contributed by atoms with van der Waals surface area (Å²) in [5, 5.41) is 4.69. The summed E-state index contributed by atoms with van der Waals surface area (Å²) in [6.07, 6.45) is 1.45. The number of hydrogen-bond acceptors (Lipinski definition) is 6. The predicted molar refractivity (Wildman–Crippen MR) is 166 cm³/mol. The summed E-state index contributed by atoms with van der Waals surface area (Å²) in [4.78, 5) is 13.0. The zero-order valence-electron chi connectivity index (χ0n) is 23.6. The fraction of sp³-hybridized carbons (Fsp3) is 0.188. The number of hydrazone groups is 1. The normalized spacial score (nSPS) is 11.3. The van der Waals surface area contributed by atoms with Crippen molar-refractivity contribution in [3.8, 4) is 11.5 Å². The molecular formula is C32H32ClN3O5S. The Hall–Kier alpha value is -4.34. The molecule has 0 aromatic heterocycles. The molecule has 4 rings (SSSR count). The summed E-state index contributed by atoms with van der Waals surface area (Å²) in [5.41, 5.74) is 6.14. The van der Waals surface area contributed by atoms with E-state index in [0.29, 0.717) is 41.0 Å². The fourth-order valence-corrected chi connectivity index (χ4v) is 5.95. The highest BCUT2D eigenvalue weighted by Crippen LogP contribution is 2.30. The Morgan fingerprint density at radius 3 is 2.43 bits per heavy atom. The van der Waals surface area contributed by atoms with Gasteiger partial charge in [-0.3, -0.25) is 9.10 Å². The molecule has 0 aliphatic heterocycles. The molecule has 0 spiro atoms. The van der Waals surface area contributed by atoms with Crippen LogP contribution in [0.15, 0.2) is 101 Å². The van der Waals surface area contributed by atoms with Gasteiger partial charge in [0.05, 0.1) is 23.4 Å². The Labute approximate surface area is 251 Å². The van der Waals surface area contributed by atoms with E-state index >= 15 is 0 Å². The lowest BCUT2D eigenvalue weighted by Gasteiger charge is -2.25. The molecule has 0 aliphatic rings. The van der Waals surface area contributed by atoms with E-state index in [1.807, 2.05) is 51.1 Å². The van der Waals surface area contributed by atoms with Crippen LogP contribution in [0.4, 0.5) is 5.69 Å². The second-order valence-electron chi connectivity index (χ2n) is 9.47. The molecule has 0 fully saturated rings. The maximum atomic E-state index is 13.6. The highest BCUT2D eigenvalue weighted by atomic mass is 35.5. The lowest BCUT2D eigenvalue weighted by Crippen LogP contribution is -2.40. The van der Waals surface area contributed by atoms with Crippen LogP contribution in [-0.2, 0) is 21.4 Å². The minimum Gasteiger partial charge on any atom is -0.490 e. The van der Waals surface area contributed by atoms with E-state index in [1.54, 1.807) is 48.5 Å². The Morgan fingerprint density at radius 2 is 1.71 bits per heavy atom. The molecule has 4 aromatic carbocycles. The highest BCUT2D eigenvalue weighted by Gasteiger charge is 2.28. The number of nitrogens with zero attached hydrogens (tertiary/aromatic N) is 2. The predicted octanol–water partition coefficient (Wildman–Crippen LogP) is 6.28. The number of hydrogen-bond donors (Lipinski definition) is 1. The van der Waals surface area contributed by atoms with Gasteiger partial charge in [0, 0.05) is 5.02 Å². The Bertz CT molecular complexity index is 1680. The van der Waals surface area contributed by atoms with Crippen LogP contribution >= 0.6 is 11.6 Å². The number of nitrogens with one attached hydrogen (secondary N) is 1. The highest BCUT2D eigenvalue weighted by molar-refractivity contribution is 7.92. The van der Waals surface area contributed by atoms with Gasteiger partial charge in [-0.25, -0.2) is 13.8 Å². The number of carbonyl (C=O) groups excluding carboxylic acids is 1. The Kier molecular flexibility index (Phi) is 10.2. The first-order chi connectivity index (χ1) is 20.2. The summed E-state index contributed by atoms with van der Waals surface area (Å²) < 4.78 is 39.9. The molecule has 0 heterocycles. The molecule has 0 saturated carbocycles. The van der Waals surface area contributed by atoms with E-state index in [2.05, 4.69) is 10.5 Å². The van der Waals surface area contributed by atoms with Gasteiger partial charge in [0.15, 0.2) is 11.5 Å². The van der Waals surface area contributed by atoms with E-state index in [4.69, 9.17) is 21.1 Å². The van der Waals surface area contributed by atoms with Crippen LogP contribution in [-0.4, -0.2) is 33.7 Å². The molecular weight excluding hydrogens is 574 g/mol. The first-order valence-electron chi connectivity index (χ1n) is 13.3. The molecule has 0 atom stereocenters. The van der Waals surface area contributed by atoms with Crippen molar-refractivity contribution < 1.29 is 22.7 Å². The Morgan fingerprint density at radius 1 is 0.929 bits per heavy atom. The third kappa shape index (κ3) is 7.90. The maximum absolute atomic E-state index is 13.6. The zero-order chi connectivity index (χ0) is 30.1. The van der Waals surface area contributed by atoms with Gasteiger partial charge in [0.25, 0.3) is 15.9 Å². The smallest absolute Gasteiger partial charge is 0.264 e. The number of benzene rings is 4. The van der Waals surface area contributed by atoms with Crippen LogP contribution < -0.4 is 19.2 Å². The number of rotatable bonds is 12. The zero-order valence-corrected chi connectivity index (χ0v) is 25.2. The van der Waals surface area contributed by atoms with Crippen LogP contribution in [0.2, 0.25) is 5.02 Å². The van der Waals surface area contributed by atoms with Crippen molar-refractivity contribution in [2.45, 2.75) is 32.3 Å². The fourth-order valence-electron chi connectivity index (χ4n) is 4.23. The number of anilines is 1. The van der Waals surface area contributed by atoms with Gasteiger partial charge in [-0.1, -0.05) is 59.6 Å². The molecule has 0 saturated heterocycles. The standard InChI is InChI=1S/C32H32ClN3O5S/c1-4-40-31-19-25(14-16-30(31)41-22-26-9-8-10-27(33)18-26)20-34-35-32(37)21-36(29-15-13-23(2)17-24(29)3)42(38,39)28-11-6-5-7-12-28/h5-20H,4,21-22H2,1-3H3,(H,35,37)/b34-20-. The number of amides is 1. The van der Waals surface area contributed by atoms with Gasteiger partial charge in [-0.05, 0) is 86.0 Å². The minimum atomic E-state index is -4.02. The first kappa shape index (κ1) is 30.6. The van der Waals surface area contributed by atoms with Crippen LogP contribution in [0.25, 0.3) is 0 Å². The topological polar surface area (TPSA) is 97.3 Å². The van der Waals surface area contributed by atoms with Crippen molar-refractivity contribution in [3.05, 3.63) is 118 Å². The molecule has 8 nitrogen and oxygen atoms in total. The molecule has 4 aromatic rings. The third-order valence-electron chi connectivity index (χ3n) is 6.19. The number of ether oxygens (including phenoxy) is 2. The van der Waals surface area contributed by atoms with Crippen LogP contribution in [0, 0.1) is 13.8 Å². The third-order valence-corrected chi connectivity index (χ3v) is 8.20. The number of sulfonamides is 1. The first-order valence-corrected chi connectivity index (χ1v) is 15.1. The SMILES string of the molecule is CCOc1cc(/C=N\NC(=O)CN(c2ccc(C)cc2C)S(=O)(=O)c2ccccc2)ccc1OCc1cccc(Cl)c1. The summed E-state index contributed by atoms with van der Waals surface area (Å²) in [6.45, 7) is 5.88. The molecule has 10 heteroatoms. The van der Waals surface area contributed by atoms with Crippen molar-refractivity contribution in [1.82, 2.24) is 5.43 Å². The van der Waals surface area contributed by atoms with Crippen LogP contribution in [0.5, 0.6) is 11.5 Å². The minimum absolute atomic E-state index is 0.0856. The maximum Gasteiger partial charge on any atom is 0.264 e. The average Bonchev–Trinajstić information content (AvgIpc) is 2.96. The Balaban J connectivity index is 1.48. The van der Waals surface area contributed by atoms with E-state index < -0.39 is 22.5 Å². The van der Waals surface area contributed by atoms with Gasteiger partial charge < -0.3 is 9.47 Å². The van der Waals surface area contributed by atoms with Gasteiger partial charge in [0.1, 0.15) is 13.2 Å². The number of halogens is 1. The molecule has 0 aliphatic carbocycles. The second kappa shape index (κ2) is 14.0. The van der Waals surface area contributed by atoms with Gasteiger partial charge in [-0.15, -0.1) is 0 Å². The largest absolute Gasteiger partial charge is 0.490 e. The quantitative estimate of drug-likeness (QED) is 0.151. The lowest BCUT2D eigenvalue weighted by molar-refractivity contribution is -0.119. The number of aryl methyl sites for hydroxylation is 2. The van der Waals surface area contributed by atoms with Crippen molar-refractivity contribution in [3.63, 3.8) is 0 Å². The van der Waals surface area contributed by atoms with Gasteiger partial charge in [0.2, 0.25) is 0 Å². The van der Waals surface area contributed by atoms with Crippen molar-refractivity contribution in [2.75, 3.05) is 17.5 Å². The number of carbonyl (C=O) groups is 1. The molecule has 0 unspecified atom stereocenters. The molecule has 1 N–H and O–H groups in total. The van der Waals surface area contributed by atoms with Crippen molar-refractivity contribution >= 4 is 39.4 Å². The van der Waals surface area contributed by atoms with Crippen LogP contribution in [0.3, 0.4) is 0 Å². The van der Waals surface area contributed by atoms with E-state index in [0.717, 1.165) is 21.0 Å². The molecule has 0 bridgehead atoms. The monoisotopic (exact) mass is 605 g/mol. The van der Waals surface area contributed by atoms with Crippen molar-refractivity contribution in [2.24, 2.45) is 5.10 Å². The van der Waals surface area contributed by atoms with E-state index in [-0.39, 0.29) is 4.90 Å². The molecule has 218 valence electrons. The van der Waals surface area contributed by atoms with Gasteiger partial charge >= 0.3 is 0 Å². The second-order valence-corrected chi connectivity index (χ2v) is 11.8. The van der Waals surface area contributed by atoms with E-state index in [1.165, 1.54) is 18.3 Å². The summed E-state index contributed by atoms with van der Waals surface area (Å²) in [5.74, 6) is 0.468. The summed E-state index contributed by atoms with van der Waals surface area (Å²) in [6, 6.07) is 26.1. The summed E-state index contributed by atoms with van der Waals surface area (Å²) >= 11 is 6.06. The van der Waals surface area contributed by atoms with Crippen LogP contribution in [0.1, 0.15) is 29.2 Å². The van der Waals surface area contributed by atoms with Crippen molar-refractivity contribution in [1.29, 1.82) is 0 Å². The molecule has 1 amide bonds. The molecule has 42 heavy (non-hydrogen) atoms.